The monoisotopic (exact) mass is 341 g/mol. The largest absolute Gasteiger partial charge is 0.337 e. The van der Waals surface area contributed by atoms with Crippen molar-refractivity contribution in [1.82, 2.24) is 24.5 Å². The number of thiazole rings is 1. The molecule has 1 fully saturated rings. The number of hydrogen-bond donors (Lipinski definition) is 0. The second-order valence-electron chi connectivity index (χ2n) is 6.22. The van der Waals surface area contributed by atoms with E-state index in [1.54, 1.807) is 0 Å². The molecule has 1 saturated heterocycles. The second kappa shape index (κ2) is 5.98. The predicted octanol–water partition coefficient (Wildman–Crippen LogP) is 2.82. The number of carbonyl (C=O) groups excluding carboxylic acids is 1. The molecule has 1 atom stereocenters. The van der Waals surface area contributed by atoms with Crippen LogP contribution in [0.15, 0.2) is 24.4 Å². The number of hydrogen-bond acceptors (Lipinski definition) is 5. The Labute approximate surface area is 144 Å². The van der Waals surface area contributed by atoms with E-state index in [2.05, 4.69) is 15.2 Å². The summed E-state index contributed by atoms with van der Waals surface area (Å²) >= 11 is 1.48. The van der Waals surface area contributed by atoms with Crippen LogP contribution in [0.5, 0.6) is 0 Å². The molecule has 1 aliphatic rings. The highest BCUT2D eigenvalue weighted by Gasteiger charge is 2.29. The second-order valence-corrected chi connectivity index (χ2v) is 7.43. The van der Waals surface area contributed by atoms with E-state index in [-0.39, 0.29) is 11.8 Å². The van der Waals surface area contributed by atoms with Gasteiger partial charge in [0.25, 0.3) is 5.91 Å². The van der Waals surface area contributed by atoms with Gasteiger partial charge in [-0.2, -0.15) is 0 Å². The molecule has 7 heteroatoms. The lowest BCUT2D eigenvalue weighted by Crippen LogP contribution is -2.39. The molecule has 0 aromatic carbocycles. The summed E-state index contributed by atoms with van der Waals surface area (Å²) in [4.78, 5) is 20.0. The van der Waals surface area contributed by atoms with Crippen molar-refractivity contribution < 1.29 is 4.79 Å². The van der Waals surface area contributed by atoms with Crippen LogP contribution in [0.25, 0.3) is 5.65 Å². The van der Waals surface area contributed by atoms with E-state index in [9.17, 15) is 4.79 Å². The molecule has 1 unspecified atom stereocenters. The number of likely N-dealkylation sites (tertiary alicyclic amines) is 1. The van der Waals surface area contributed by atoms with Crippen LogP contribution in [0.2, 0.25) is 0 Å². The lowest BCUT2D eigenvalue weighted by molar-refractivity contribution is 0.0708. The minimum Gasteiger partial charge on any atom is -0.337 e. The van der Waals surface area contributed by atoms with Crippen molar-refractivity contribution in [3.63, 3.8) is 0 Å². The lowest BCUT2D eigenvalue weighted by Gasteiger charge is -2.31. The molecule has 4 heterocycles. The first-order valence-corrected chi connectivity index (χ1v) is 8.98. The highest BCUT2D eigenvalue weighted by Crippen LogP contribution is 2.28. The lowest BCUT2D eigenvalue weighted by atomic mass is 9.97. The molecule has 124 valence electrons. The van der Waals surface area contributed by atoms with Gasteiger partial charge in [-0.3, -0.25) is 9.20 Å². The van der Waals surface area contributed by atoms with Crippen LogP contribution in [0.4, 0.5) is 0 Å². The molecular weight excluding hydrogens is 322 g/mol. The van der Waals surface area contributed by atoms with Crippen molar-refractivity contribution in [2.75, 3.05) is 13.1 Å². The van der Waals surface area contributed by atoms with Crippen LogP contribution in [0, 0.1) is 13.8 Å². The zero-order chi connectivity index (χ0) is 16.7. The number of carbonyl (C=O) groups is 1. The van der Waals surface area contributed by atoms with E-state index < -0.39 is 0 Å². The molecule has 0 aliphatic carbocycles. The minimum absolute atomic E-state index is 0.0941. The summed E-state index contributed by atoms with van der Waals surface area (Å²) in [5.74, 6) is 1.26. The van der Waals surface area contributed by atoms with Crippen molar-refractivity contribution in [3.8, 4) is 0 Å². The summed E-state index contributed by atoms with van der Waals surface area (Å²) in [5, 5.41) is 9.55. The van der Waals surface area contributed by atoms with E-state index in [1.165, 1.54) is 11.3 Å². The quantitative estimate of drug-likeness (QED) is 0.719. The van der Waals surface area contributed by atoms with Gasteiger partial charge in [-0.15, -0.1) is 21.5 Å². The third kappa shape index (κ3) is 2.58. The number of nitrogens with zero attached hydrogens (tertiary/aromatic N) is 5. The number of pyridine rings is 1. The fourth-order valence-corrected chi connectivity index (χ4v) is 4.27. The first kappa shape index (κ1) is 15.3. The highest BCUT2D eigenvalue weighted by molar-refractivity contribution is 7.13. The van der Waals surface area contributed by atoms with Crippen LogP contribution >= 0.6 is 11.3 Å². The zero-order valence-corrected chi connectivity index (χ0v) is 14.6. The van der Waals surface area contributed by atoms with Gasteiger partial charge in [0.05, 0.1) is 10.7 Å². The smallest absolute Gasteiger partial charge is 0.265 e. The highest BCUT2D eigenvalue weighted by atomic mass is 32.1. The maximum Gasteiger partial charge on any atom is 0.265 e. The van der Waals surface area contributed by atoms with E-state index in [0.717, 1.165) is 46.4 Å². The standard InChI is InChI=1S/C17H19N5OS/c1-11-15(24-12(2)18-11)17(23)21-8-5-6-13(10-21)16-20-19-14-7-3-4-9-22(14)16/h3-4,7,9,13H,5-6,8,10H2,1-2H3. The van der Waals surface area contributed by atoms with Gasteiger partial charge < -0.3 is 4.90 Å². The van der Waals surface area contributed by atoms with E-state index >= 15 is 0 Å². The summed E-state index contributed by atoms with van der Waals surface area (Å²) in [5.41, 5.74) is 1.68. The van der Waals surface area contributed by atoms with Gasteiger partial charge >= 0.3 is 0 Å². The molecule has 0 saturated carbocycles. The number of fused-ring (bicyclic) bond motifs is 1. The Balaban J connectivity index is 1.60. The molecule has 24 heavy (non-hydrogen) atoms. The predicted molar refractivity (Wildman–Crippen MR) is 92.5 cm³/mol. The average molecular weight is 341 g/mol. The molecule has 0 bridgehead atoms. The Morgan fingerprint density at radius 3 is 2.96 bits per heavy atom. The van der Waals surface area contributed by atoms with Crippen LogP contribution in [0.1, 0.15) is 45.0 Å². The Morgan fingerprint density at radius 1 is 1.29 bits per heavy atom. The number of aromatic nitrogens is 4. The van der Waals surface area contributed by atoms with Crippen molar-refractivity contribution in [2.45, 2.75) is 32.6 Å². The summed E-state index contributed by atoms with van der Waals surface area (Å²) in [6, 6.07) is 5.89. The Kier molecular flexibility index (Phi) is 3.80. The van der Waals surface area contributed by atoms with Gasteiger partial charge in [0.2, 0.25) is 0 Å². The minimum atomic E-state index is 0.0941. The Hall–Kier alpha value is -2.28. The molecule has 0 spiro atoms. The van der Waals surface area contributed by atoms with Crippen molar-refractivity contribution >= 4 is 22.9 Å². The van der Waals surface area contributed by atoms with Crippen LogP contribution in [0.3, 0.4) is 0 Å². The summed E-state index contributed by atoms with van der Waals surface area (Å²) in [6.45, 7) is 5.33. The SMILES string of the molecule is Cc1nc(C)c(C(=O)N2CCCC(c3nnc4ccccn34)C2)s1. The van der Waals surface area contributed by atoms with Gasteiger partial charge in [0, 0.05) is 25.2 Å². The first-order chi connectivity index (χ1) is 11.6. The van der Waals surface area contributed by atoms with Crippen molar-refractivity contribution in [3.05, 3.63) is 45.8 Å². The number of aryl methyl sites for hydroxylation is 2. The normalized spacial score (nSPS) is 18.2. The maximum absolute atomic E-state index is 12.9. The van der Waals surface area contributed by atoms with Gasteiger partial charge in [0.15, 0.2) is 5.65 Å². The average Bonchev–Trinajstić information content (AvgIpc) is 3.17. The first-order valence-electron chi connectivity index (χ1n) is 8.16. The molecule has 3 aromatic heterocycles. The molecule has 1 amide bonds. The Morgan fingerprint density at radius 2 is 2.17 bits per heavy atom. The van der Waals surface area contributed by atoms with E-state index in [1.807, 2.05) is 47.5 Å². The molecule has 4 rings (SSSR count). The maximum atomic E-state index is 12.9. The van der Waals surface area contributed by atoms with Crippen LogP contribution in [-0.4, -0.2) is 43.5 Å². The molecular formula is C17H19N5OS. The molecule has 0 N–H and O–H groups in total. The summed E-state index contributed by atoms with van der Waals surface area (Å²) < 4.78 is 2.03. The fraction of sp³-hybridized carbons (Fsp3) is 0.412. The van der Waals surface area contributed by atoms with Gasteiger partial charge in [-0.1, -0.05) is 6.07 Å². The van der Waals surface area contributed by atoms with Crippen LogP contribution in [-0.2, 0) is 0 Å². The van der Waals surface area contributed by atoms with E-state index in [4.69, 9.17) is 0 Å². The topological polar surface area (TPSA) is 63.4 Å². The molecule has 0 radical (unpaired) electrons. The van der Waals surface area contributed by atoms with Gasteiger partial charge in [0.1, 0.15) is 10.7 Å². The van der Waals surface area contributed by atoms with Gasteiger partial charge in [-0.25, -0.2) is 4.98 Å². The Bertz CT molecular complexity index is 899. The zero-order valence-electron chi connectivity index (χ0n) is 13.8. The third-order valence-corrected chi connectivity index (χ3v) is 5.57. The third-order valence-electron chi connectivity index (χ3n) is 4.51. The fourth-order valence-electron chi connectivity index (χ4n) is 3.38. The van der Waals surface area contributed by atoms with Crippen molar-refractivity contribution in [2.24, 2.45) is 0 Å². The summed E-state index contributed by atoms with van der Waals surface area (Å²) in [6.07, 6.45) is 4.00. The summed E-state index contributed by atoms with van der Waals surface area (Å²) in [7, 11) is 0. The van der Waals surface area contributed by atoms with Crippen LogP contribution < -0.4 is 0 Å². The van der Waals surface area contributed by atoms with E-state index in [0.29, 0.717) is 6.54 Å². The van der Waals surface area contributed by atoms with Gasteiger partial charge in [-0.05, 0) is 38.8 Å². The number of amides is 1. The number of piperidine rings is 1. The molecule has 1 aliphatic heterocycles. The molecule has 6 nitrogen and oxygen atoms in total. The number of rotatable bonds is 2. The molecule has 3 aromatic rings. The van der Waals surface area contributed by atoms with Crippen molar-refractivity contribution in [1.29, 1.82) is 0 Å².